The number of nitrogens with zero attached hydrogens (tertiary/aromatic N) is 1. The molecule has 1 atom stereocenters. The standard InChI is InChI=1S/C17H20ClNO/c1-13(18)10-11-19(2)17(20)12-15-8-5-7-14-6-3-4-9-16(14)15/h3-9,13H,10-12H2,1-2H3. The van der Waals surface area contributed by atoms with E-state index in [0.29, 0.717) is 13.0 Å². The van der Waals surface area contributed by atoms with Gasteiger partial charge in [-0.1, -0.05) is 42.5 Å². The highest BCUT2D eigenvalue weighted by Crippen LogP contribution is 2.19. The van der Waals surface area contributed by atoms with E-state index in [9.17, 15) is 4.79 Å². The summed E-state index contributed by atoms with van der Waals surface area (Å²) in [4.78, 5) is 14.0. The van der Waals surface area contributed by atoms with Crippen molar-refractivity contribution >= 4 is 28.3 Å². The average Bonchev–Trinajstić information content (AvgIpc) is 2.45. The van der Waals surface area contributed by atoms with Crippen LogP contribution >= 0.6 is 11.6 Å². The molecule has 0 saturated carbocycles. The van der Waals surface area contributed by atoms with Crippen LogP contribution in [0.5, 0.6) is 0 Å². The lowest BCUT2D eigenvalue weighted by Crippen LogP contribution is -2.30. The number of hydrogen-bond donors (Lipinski definition) is 0. The third-order valence-corrected chi connectivity index (χ3v) is 3.73. The number of benzene rings is 2. The van der Waals surface area contributed by atoms with Gasteiger partial charge >= 0.3 is 0 Å². The molecule has 0 radical (unpaired) electrons. The zero-order valence-corrected chi connectivity index (χ0v) is 12.7. The molecule has 0 aliphatic heterocycles. The van der Waals surface area contributed by atoms with E-state index in [1.807, 2.05) is 38.2 Å². The number of amides is 1. The van der Waals surface area contributed by atoms with Crippen LogP contribution in [0.2, 0.25) is 0 Å². The smallest absolute Gasteiger partial charge is 0.226 e. The average molecular weight is 290 g/mol. The van der Waals surface area contributed by atoms with Crippen LogP contribution in [0.15, 0.2) is 42.5 Å². The lowest BCUT2D eigenvalue weighted by Gasteiger charge is -2.18. The SMILES string of the molecule is CC(Cl)CCN(C)C(=O)Cc1cccc2ccccc12. The summed E-state index contributed by atoms with van der Waals surface area (Å²) in [6.45, 7) is 2.65. The lowest BCUT2D eigenvalue weighted by atomic mass is 10.0. The normalized spacial score (nSPS) is 12.3. The molecule has 106 valence electrons. The molecule has 2 aromatic carbocycles. The molecule has 0 aliphatic rings. The summed E-state index contributed by atoms with van der Waals surface area (Å²) in [7, 11) is 1.84. The van der Waals surface area contributed by atoms with Gasteiger partial charge < -0.3 is 4.90 Å². The minimum Gasteiger partial charge on any atom is -0.345 e. The van der Waals surface area contributed by atoms with E-state index in [1.54, 1.807) is 4.90 Å². The number of alkyl halides is 1. The molecule has 0 aromatic heterocycles. The van der Waals surface area contributed by atoms with E-state index in [0.717, 1.165) is 17.4 Å². The number of carbonyl (C=O) groups excluding carboxylic acids is 1. The van der Waals surface area contributed by atoms with Gasteiger partial charge in [0.15, 0.2) is 0 Å². The van der Waals surface area contributed by atoms with Gasteiger partial charge in [-0.15, -0.1) is 11.6 Å². The zero-order valence-electron chi connectivity index (χ0n) is 12.0. The maximum absolute atomic E-state index is 12.3. The first-order valence-corrected chi connectivity index (χ1v) is 7.36. The Balaban J connectivity index is 2.10. The van der Waals surface area contributed by atoms with Crippen LogP contribution in [-0.2, 0) is 11.2 Å². The Morgan fingerprint density at radius 3 is 2.65 bits per heavy atom. The van der Waals surface area contributed by atoms with E-state index in [-0.39, 0.29) is 11.3 Å². The molecule has 0 spiro atoms. The maximum atomic E-state index is 12.3. The summed E-state index contributed by atoms with van der Waals surface area (Å²) >= 11 is 5.93. The quantitative estimate of drug-likeness (QED) is 0.766. The van der Waals surface area contributed by atoms with Gasteiger partial charge in [-0.2, -0.15) is 0 Å². The third-order valence-electron chi connectivity index (χ3n) is 3.51. The van der Waals surface area contributed by atoms with Crippen LogP contribution < -0.4 is 0 Å². The molecule has 1 amide bonds. The topological polar surface area (TPSA) is 20.3 Å². The van der Waals surface area contributed by atoms with Gasteiger partial charge in [0, 0.05) is 19.0 Å². The molecule has 1 unspecified atom stereocenters. The van der Waals surface area contributed by atoms with Crippen molar-refractivity contribution < 1.29 is 4.79 Å². The van der Waals surface area contributed by atoms with E-state index < -0.39 is 0 Å². The molecule has 2 nitrogen and oxygen atoms in total. The Kier molecular flexibility index (Phi) is 5.02. The zero-order chi connectivity index (χ0) is 14.5. The largest absolute Gasteiger partial charge is 0.345 e. The van der Waals surface area contributed by atoms with Gasteiger partial charge in [0.2, 0.25) is 5.91 Å². The van der Waals surface area contributed by atoms with E-state index in [4.69, 9.17) is 11.6 Å². The molecule has 0 fully saturated rings. The summed E-state index contributed by atoms with van der Waals surface area (Å²) in [5, 5.41) is 2.43. The minimum absolute atomic E-state index is 0.0998. The monoisotopic (exact) mass is 289 g/mol. The second kappa shape index (κ2) is 6.76. The van der Waals surface area contributed by atoms with Gasteiger partial charge in [-0.25, -0.2) is 0 Å². The van der Waals surface area contributed by atoms with Crippen LogP contribution in [0.1, 0.15) is 18.9 Å². The molecular formula is C17H20ClNO. The number of fused-ring (bicyclic) bond motifs is 1. The van der Waals surface area contributed by atoms with Crippen molar-refractivity contribution in [2.45, 2.75) is 25.1 Å². The van der Waals surface area contributed by atoms with Crippen molar-refractivity contribution in [2.24, 2.45) is 0 Å². The fourth-order valence-electron chi connectivity index (χ4n) is 2.24. The van der Waals surface area contributed by atoms with Gasteiger partial charge in [-0.3, -0.25) is 4.79 Å². The maximum Gasteiger partial charge on any atom is 0.226 e. The molecule has 0 heterocycles. The third kappa shape index (κ3) is 3.73. The Morgan fingerprint density at radius 2 is 1.90 bits per heavy atom. The highest BCUT2D eigenvalue weighted by Gasteiger charge is 2.12. The Hall–Kier alpha value is -1.54. The van der Waals surface area contributed by atoms with E-state index in [2.05, 4.69) is 18.2 Å². The van der Waals surface area contributed by atoms with Gasteiger partial charge in [0.25, 0.3) is 0 Å². The molecule has 2 aromatic rings. The summed E-state index contributed by atoms with van der Waals surface area (Å²) < 4.78 is 0. The molecule has 0 N–H and O–H groups in total. The number of halogens is 1. The Morgan fingerprint density at radius 1 is 1.20 bits per heavy atom. The fraction of sp³-hybridized carbons (Fsp3) is 0.353. The van der Waals surface area contributed by atoms with Crippen molar-refractivity contribution in [3.63, 3.8) is 0 Å². The van der Waals surface area contributed by atoms with Crippen LogP contribution in [0, 0.1) is 0 Å². The van der Waals surface area contributed by atoms with Crippen LogP contribution in [-0.4, -0.2) is 29.8 Å². The second-order valence-corrected chi connectivity index (χ2v) is 5.94. The predicted octanol–water partition coefficient (Wildman–Crippen LogP) is 3.86. The highest BCUT2D eigenvalue weighted by molar-refractivity contribution is 6.20. The first-order chi connectivity index (χ1) is 9.58. The number of hydrogen-bond acceptors (Lipinski definition) is 1. The first kappa shape index (κ1) is 14.9. The van der Waals surface area contributed by atoms with Crippen LogP contribution in [0.25, 0.3) is 10.8 Å². The van der Waals surface area contributed by atoms with Crippen LogP contribution in [0.4, 0.5) is 0 Å². The van der Waals surface area contributed by atoms with Gasteiger partial charge in [0.1, 0.15) is 0 Å². The molecule has 20 heavy (non-hydrogen) atoms. The summed E-state index contributed by atoms with van der Waals surface area (Å²) in [5.41, 5.74) is 1.08. The van der Waals surface area contributed by atoms with Crippen LogP contribution in [0.3, 0.4) is 0 Å². The fourth-order valence-corrected chi connectivity index (χ4v) is 2.34. The number of likely N-dealkylation sites (N-methyl/N-ethyl adjacent to an activating group) is 1. The van der Waals surface area contributed by atoms with Gasteiger partial charge in [0.05, 0.1) is 6.42 Å². The summed E-state index contributed by atoms with van der Waals surface area (Å²) in [5.74, 6) is 0.138. The highest BCUT2D eigenvalue weighted by atomic mass is 35.5. The Bertz CT molecular complexity index is 589. The van der Waals surface area contributed by atoms with E-state index in [1.165, 1.54) is 5.39 Å². The number of carbonyl (C=O) groups is 1. The van der Waals surface area contributed by atoms with Crippen molar-refractivity contribution in [1.82, 2.24) is 4.90 Å². The van der Waals surface area contributed by atoms with Crippen molar-refractivity contribution in [3.8, 4) is 0 Å². The summed E-state index contributed by atoms with van der Waals surface area (Å²) in [6, 6.07) is 14.3. The molecule has 0 saturated heterocycles. The lowest BCUT2D eigenvalue weighted by molar-refractivity contribution is -0.129. The molecule has 2 rings (SSSR count). The summed E-state index contributed by atoms with van der Waals surface area (Å²) in [6.07, 6.45) is 1.26. The number of rotatable bonds is 5. The van der Waals surface area contributed by atoms with Crippen molar-refractivity contribution in [1.29, 1.82) is 0 Å². The second-order valence-electron chi connectivity index (χ2n) is 5.20. The molecule has 0 bridgehead atoms. The van der Waals surface area contributed by atoms with Crippen molar-refractivity contribution in [2.75, 3.05) is 13.6 Å². The van der Waals surface area contributed by atoms with Gasteiger partial charge in [-0.05, 0) is 29.7 Å². The Labute approximate surface area is 125 Å². The molecular weight excluding hydrogens is 270 g/mol. The predicted molar refractivity (Wildman–Crippen MR) is 85.2 cm³/mol. The van der Waals surface area contributed by atoms with Crippen molar-refractivity contribution in [3.05, 3.63) is 48.0 Å². The minimum atomic E-state index is 0.0998. The van der Waals surface area contributed by atoms with E-state index >= 15 is 0 Å². The molecule has 3 heteroatoms. The molecule has 0 aliphatic carbocycles. The first-order valence-electron chi connectivity index (χ1n) is 6.92.